The maximum Gasteiger partial charge on any atom is 0.166 e. The molecule has 20 heavy (non-hydrogen) atoms. The monoisotopic (exact) mass is 268 g/mol. The highest BCUT2D eigenvalue weighted by molar-refractivity contribution is 5.99. The molecular formula is C17H20N2O. The average Bonchev–Trinajstić information content (AvgIpc) is 2.87. The van der Waals surface area contributed by atoms with Crippen molar-refractivity contribution >= 4 is 5.78 Å². The average molecular weight is 268 g/mol. The standard InChI is InChI=1S/C17H20N2O/c1-2-19-12-13(11-18-19)10-15-8-5-7-14-6-3-4-9-16(14)17(15)20/h3-4,6,9,11-12,15H,2,5,7-8,10H2,1H3. The molecule has 1 aliphatic rings. The second kappa shape index (κ2) is 5.61. The predicted molar refractivity (Wildman–Crippen MR) is 78.8 cm³/mol. The Bertz CT molecular complexity index is 615. The molecule has 2 aromatic rings. The van der Waals surface area contributed by atoms with Crippen LogP contribution >= 0.6 is 0 Å². The van der Waals surface area contributed by atoms with Crippen LogP contribution < -0.4 is 0 Å². The third kappa shape index (κ3) is 2.53. The number of hydrogen-bond donors (Lipinski definition) is 0. The van der Waals surface area contributed by atoms with E-state index in [0.29, 0.717) is 5.78 Å². The molecule has 0 N–H and O–H groups in total. The topological polar surface area (TPSA) is 34.9 Å². The molecule has 3 nitrogen and oxygen atoms in total. The largest absolute Gasteiger partial charge is 0.294 e. The molecule has 0 spiro atoms. The van der Waals surface area contributed by atoms with Gasteiger partial charge in [0.2, 0.25) is 0 Å². The molecule has 1 heterocycles. The van der Waals surface area contributed by atoms with E-state index < -0.39 is 0 Å². The number of carbonyl (C=O) groups is 1. The normalized spacial score (nSPS) is 18.6. The molecule has 1 unspecified atom stereocenters. The second-order valence-corrected chi connectivity index (χ2v) is 5.52. The minimum atomic E-state index is 0.105. The molecule has 0 amide bonds. The summed E-state index contributed by atoms with van der Waals surface area (Å²) in [5.41, 5.74) is 3.31. The predicted octanol–water partition coefficient (Wildman–Crippen LogP) is 3.28. The highest BCUT2D eigenvalue weighted by Crippen LogP contribution is 2.26. The molecule has 1 atom stereocenters. The lowest BCUT2D eigenvalue weighted by Crippen LogP contribution is -2.16. The summed E-state index contributed by atoms with van der Waals surface area (Å²) in [4.78, 5) is 12.7. The van der Waals surface area contributed by atoms with Crippen molar-refractivity contribution in [3.8, 4) is 0 Å². The third-order valence-electron chi connectivity index (χ3n) is 4.15. The molecule has 0 radical (unpaired) electrons. The Balaban J connectivity index is 1.82. The quantitative estimate of drug-likeness (QED) is 0.801. The fraction of sp³-hybridized carbons (Fsp3) is 0.412. The number of benzene rings is 1. The van der Waals surface area contributed by atoms with Crippen molar-refractivity contribution < 1.29 is 4.79 Å². The number of aryl methyl sites for hydroxylation is 2. The first-order valence-corrected chi connectivity index (χ1v) is 7.41. The molecule has 1 aromatic carbocycles. The van der Waals surface area contributed by atoms with E-state index in [1.807, 2.05) is 29.1 Å². The van der Waals surface area contributed by atoms with Gasteiger partial charge in [-0.1, -0.05) is 24.3 Å². The molecule has 0 bridgehead atoms. The molecule has 3 rings (SSSR count). The molecule has 0 saturated carbocycles. The Morgan fingerprint density at radius 2 is 2.20 bits per heavy atom. The zero-order valence-electron chi connectivity index (χ0n) is 11.9. The van der Waals surface area contributed by atoms with Gasteiger partial charge in [0, 0.05) is 24.2 Å². The van der Waals surface area contributed by atoms with Gasteiger partial charge in [-0.2, -0.15) is 5.10 Å². The van der Waals surface area contributed by atoms with Crippen molar-refractivity contribution in [2.75, 3.05) is 0 Å². The van der Waals surface area contributed by atoms with Crippen molar-refractivity contribution in [2.45, 2.75) is 39.2 Å². The van der Waals surface area contributed by atoms with Gasteiger partial charge in [-0.05, 0) is 43.7 Å². The van der Waals surface area contributed by atoms with Crippen molar-refractivity contribution in [1.29, 1.82) is 0 Å². The number of Topliss-reactive ketones (excluding diaryl/α,β-unsaturated/α-hetero) is 1. The number of fused-ring (bicyclic) bond motifs is 1. The second-order valence-electron chi connectivity index (χ2n) is 5.52. The SMILES string of the molecule is CCn1cc(CC2CCCc3ccccc3C2=O)cn1. The highest BCUT2D eigenvalue weighted by Gasteiger charge is 2.25. The fourth-order valence-corrected chi connectivity index (χ4v) is 3.03. The van der Waals surface area contributed by atoms with Gasteiger partial charge in [-0.3, -0.25) is 9.48 Å². The summed E-state index contributed by atoms with van der Waals surface area (Å²) < 4.78 is 1.92. The molecule has 0 saturated heterocycles. The number of ketones is 1. The minimum Gasteiger partial charge on any atom is -0.294 e. The molecule has 104 valence electrons. The Morgan fingerprint density at radius 3 is 3.00 bits per heavy atom. The van der Waals surface area contributed by atoms with Crippen LogP contribution in [0.15, 0.2) is 36.7 Å². The van der Waals surface area contributed by atoms with E-state index in [9.17, 15) is 4.79 Å². The first-order valence-electron chi connectivity index (χ1n) is 7.41. The number of aromatic nitrogens is 2. The number of carbonyl (C=O) groups excluding carboxylic acids is 1. The zero-order chi connectivity index (χ0) is 13.9. The van der Waals surface area contributed by atoms with E-state index >= 15 is 0 Å². The van der Waals surface area contributed by atoms with Gasteiger partial charge in [0.05, 0.1) is 6.20 Å². The molecule has 3 heteroatoms. The van der Waals surface area contributed by atoms with Crippen LogP contribution in [-0.4, -0.2) is 15.6 Å². The van der Waals surface area contributed by atoms with Gasteiger partial charge in [0.15, 0.2) is 5.78 Å². The third-order valence-corrected chi connectivity index (χ3v) is 4.15. The van der Waals surface area contributed by atoms with Crippen molar-refractivity contribution in [1.82, 2.24) is 9.78 Å². The first kappa shape index (κ1) is 13.1. The lowest BCUT2D eigenvalue weighted by molar-refractivity contribution is 0.0915. The minimum absolute atomic E-state index is 0.105. The zero-order valence-corrected chi connectivity index (χ0v) is 11.9. The van der Waals surface area contributed by atoms with Crippen LogP contribution in [-0.2, 0) is 19.4 Å². The van der Waals surface area contributed by atoms with Crippen LogP contribution in [0.3, 0.4) is 0 Å². The van der Waals surface area contributed by atoms with E-state index in [1.165, 1.54) is 11.1 Å². The van der Waals surface area contributed by atoms with E-state index in [0.717, 1.165) is 37.8 Å². The smallest absolute Gasteiger partial charge is 0.166 e. The van der Waals surface area contributed by atoms with E-state index in [-0.39, 0.29) is 5.92 Å². The van der Waals surface area contributed by atoms with Gasteiger partial charge in [-0.15, -0.1) is 0 Å². The summed E-state index contributed by atoms with van der Waals surface area (Å²) in [7, 11) is 0. The number of rotatable bonds is 3. The van der Waals surface area contributed by atoms with Crippen molar-refractivity contribution in [2.24, 2.45) is 5.92 Å². The number of nitrogens with zero attached hydrogens (tertiary/aromatic N) is 2. The lowest BCUT2D eigenvalue weighted by Gasteiger charge is -2.12. The molecule has 0 aliphatic heterocycles. The summed E-state index contributed by atoms with van der Waals surface area (Å²) in [6.45, 7) is 2.95. The lowest BCUT2D eigenvalue weighted by atomic mass is 9.90. The summed E-state index contributed by atoms with van der Waals surface area (Å²) in [5, 5.41) is 4.30. The molecule has 1 aliphatic carbocycles. The van der Waals surface area contributed by atoms with Gasteiger partial charge in [0.1, 0.15) is 0 Å². The molecule has 0 fully saturated rings. The van der Waals surface area contributed by atoms with Crippen LogP contribution in [0.25, 0.3) is 0 Å². The maximum absolute atomic E-state index is 12.7. The summed E-state index contributed by atoms with van der Waals surface area (Å²) in [5.74, 6) is 0.413. The van der Waals surface area contributed by atoms with Crippen LogP contribution in [0, 0.1) is 5.92 Å². The fourth-order valence-electron chi connectivity index (χ4n) is 3.03. The maximum atomic E-state index is 12.7. The summed E-state index contributed by atoms with van der Waals surface area (Å²) in [6.07, 6.45) is 7.86. The van der Waals surface area contributed by atoms with Crippen LogP contribution in [0.1, 0.15) is 41.3 Å². The Kier molecular flexibility index (Phi) is 3.68. The van der Waals surface area contributed by atoms with Gasteiger partial charge in [-0.25, -0.2) is 0 Å². The Hall–Kier alpha value is -1.90. The van der Waals surface area contributed by atoms with E-state index in [4.69, 9.17) is 0 Å². The van der Waals surface area contributed by atoms with Crippen LogP contribution in [0.5, 0.6) is 0 Å². The van der Waals surface area contributed by atoms with E-state index in [2.05, 4.69) is 24.3 Å². The van der Waals surface area contributed by atoms with Gasteiger partial charge in [0.25, 0.3) is 0 Å². The Morgan fingerprint density at radius 1 is 1.35 bits per heavy atom. The van der Waals surface area contributed by atoms with Gasteiger partial charge < -0.3 is 0 Å². The van der Waals surface area contributed by atoms with Crippen LogP contribution in [0.4, 0.5) is 0 Å². The first-order chi connectivity index (χ1) is 9.78. The number of hydrogen-bond acceptors (Lipinski definition) is 2. The van der Waals surface area contributed by atoms with Gasteiger partial charge >= 0.3 is 0 Å². The van der Waals surface area contributed by atoms with Crippen molar-refractivity contribution in [3.05, 3.63) is 53.3 Å². The summed E-state index contributed by atoms with van der Waals surface area (Å²) >= 11 is 0. The van der Waals surface area contributed by atoms with Crippen molar-refractivity contribution in [3.63, 3.8) is 0 Å². The Labute approximate surface area is 119 Å². The molecular weight excluding hydrogens is 248 g/mol. The summed E-state index contributed by atoms with van der Waals surface area (Å²) in [6, 6.07) is 8.06. The van der Waals surface area contributed by atoms with Crippen LogP contribution in [0.2, 0.25) is 0 Å². The molecule has 1 aromatic heterocycles. The van der Waals surface area contributed by atoms with E-state index in [1.54, 1.807) is 0 Å². The highest BCUT2D eigenvalue weighted by atomic mass is 16.1.